The molecule has 0 bridgehead atoms. The average Bonchev–Trinajstić information content (AvgIpc) is 2.49. The van der Waals surface area contributed by atoms with Gasteiger partial charge in [-0.2, -0.15) is 0 Å². The van der Waals surface area contributed by atoms with E-state index in [4.69, 9.17) is 23.2 Å². The van der Waals surface area contributed by atoms with Crippen LogP contribution in [-0.2, 0) is 16.4 Å². The molecule has 0 saturated heterocycles. The predicted molar refractivity (Wildman–Crippen MR) is 95.7 cm³/mol. The van der Waals surface area contributed by atoms with Crippen molar-refractivity contribution < 1.29 is 8.42 Å². The maximum atomic E-state index is 12.5. The van der Waals surface area contributed by atoms with E-state index in [0.29, 0.717) is 17.0 Å². The molecule has 0 aliphatic rings. The van der Waals surface area contributed by atoms with Crippen molar-refractivity contribution in [2.45, 2.75) is 37.6 Å². The van der Waals surface area contributed by atoms with Gasteiger partial charge in [0.25, 0.3) is 0 Å². The lowest BCUT2D eigenvalue weighted by molar-refractivity contribution is 0.547. The van der Waals surface area contributed by atoms with Gasteiger partial charge in [-0.3, -0.25) is 0 Å². The zero-order valence-corrected chi connectivity index (χ0v) is 15.3. The van der Waals surface area contributed by atoms with Gasteiger partial charge in [0, 0.05) is 11.1 Å². The fraction of sp³-hybridized carbons (Fsp3) is 0.294. The number of rotatable bonds is 6. The molecule has 23 heavy (non-hydrogen) atoms. The van der Waals surface area contributed by atoms with Crippen LogP contribution in [0.4, 0.5) is 0 Å². The summed E-state index contributed by atoms with van der Waals surface area (Å²) in [5.41, 5.74) is 1.85. The summed E-state index contributed by atoms with van der Waals surface area (Å²) >= 11 is 12.0. The number of aryl methyl sites for hydroxylation is 2. The van der Waals surface area contributed by atoms with Crippen LogP contribution in [0.2, 0.25) is 10.0 Å². The number of halogens is 2. The Morgan fingerprint density at radius 3 is 2.39 bits per heavy atom. The van der Waals surface area contributed by atoms with Gasteiger partial charge in [0.1, 0.15) is 4.90 Å². The number of benzene rings is 2. The largest absolute Gasteiger partial charge is 0.242 e. The van der Waals surface area contributed by atoms with Crippen LogP contribution in [0.1, 0.15) is 24.5 Å². The average molecular weight is 372 g/mol. The van der Waals surface area contributed by atoms with E-state index >= 15 is 0 Å². The van der Waals surface area contributed by atoms with Crippen molar-refractivity contribution in [3.8, 4) is 0 Å². The van der Waals surface area contributed by atoms with Gasteiger partial charge in [-0.15, -0.1) is 0 Å². The molecule has 0 fully saturated rings. The molecule has 0 heterocycles. The molecule has 2 aromatic carbocycles. The lowest BCUT2D eigenvalue weighted by Gasteiger charge is -2.16. The van der Waals surface area contributed by atoms with Crippen LogP contribution in [0, 0.1) is 6.92 Å². The van der Waals surface area contributed by atoms with Gasteiger partial charge < -0.3 is 0 Å². The molecule has 1 unspecified atom stereocenters. The fourth-order valence-corrected chi connectivity index (χ4v) is 4.36. The monoisotopic (exact) mass is 371 g/mol. The minimum Gasteiger partial charge on any atom is -0.208 e. The minimum absolute atomic E-state index is 0.0626. The summed E-state index contributed by atoms with van der Waals surface area (Å²) in [5.74, 6) is 0. The molecule has 0 aliphatic heterocycles. The highest BCUT2D eigenvalue weighted by molar-refractivity contribution is 7.89. The molecule has 0 saturated carbocycles. The fourth-order valence-electron chi connectivity index (χ4n) is 2.25. The summed E-state index contributed by atoms with van der Waals surface area (Å²) in [5, 5.41) is 0.578. The van der Waals surface area contributed by atoms with Gasteiger partial charge in [-0.25, -0.2) is 13.1 Å². The maximum absolute atomic E-state index is 12.5. The molecule has 6 heteroatoms. The quantitative estimate of drug-likeness (QED) is 0.806. The number of hydrogen-bond acceptors (Lipinski definition) is 2. The zero-order chi connectivity index (χ0) is 17.0. The summed E-state index contributed by atoms with van der Waals surface area (Å²) in [6.07, 6.45) is 1.51. The van der Waals surface area contributed by atoms with Crippen LogP contribution in [0.25, 0.3) is 0 Å². The van der Waals surface area contributed by atoms with Crippen LogP contribution in [0.3, 0.4) is 0 Å². The molecule has 0 aromatic heterocycles. The summed E-state index contributed by atoms with van der Waals surface area (Å²) in [6, 6.07) is 12.7. The van der Waals surface area contributed by atoms with Gasteiger partial charge in [0.05, 0.1) is 5.02 Å². The highest BCUT2D eigenvalue weighted by Gasteiger charge is 2.21. The Morgan fingerprint density at radius 1 is 1.09 bits per heavy atom. The van der Waals surface area contributed by atoms with Crippen molar-refractivity contribution in [3.63, 3.8) is 0 Å². The Morgan fingerprint density at radius 2 is 1.74 bits per heavy atom. The Bertz CT molecular complexity index is 777. The van der Waals surface area contributed by atoms with Crippen LogP contribution < -0.4 is 4.72 Å². The number of sulfonamides is 1. The SMILES string of the molecule is Cc1cc(S(=O)(=O)NC(C)CCc2ccccc2)c(Cl)cc1Cl. The van der Waals surface area contributed by atoms with Gasteiger partial charge >= 0.3 is 0 Å². The van der Waals surface area contributed by atoms with Crippen molar-refractivity contribution in [2.75, 3.05) is 0 Å². The standard InChI is InChI=1S/C17H19Cl2NO2S/c1-12-10-17(16(19)11-15(12)18)23(21,22)20-13(2)8-9-14-6-4-3-5-7-14/h3-7,10-11,13,20H,8-9H2,1-2H3. The smallest absolute Gasteiger partial charge is 0.208 e. The van der Waals surface area contributed by atoms with Crippen molar-refractivity contribution in [3.05, 3.63) is 63.6 Å². The Labute approximate surface area is 147 Å². The Balaban J connectivity index is 2.07. The summed E-state index contributed by atoms with van der Waals surface area (Å²) in [7, 11) is -3.67. The molecule has 1 N–H and O–H groups in total. The van der Waals surface area contributed by atoms with E-state index in [1.807, 2.05) is 37.3 Å². The van der Waals surface area contributed by atoms with Gasteiger partial charge in [-0.05, 0) is 49.9 Å². The van der Waals surface area contributed by atoms with E-state index in [0.717, 1.165) is 6.42 Å². The van der Waals surface area contributed by atoms with E-state index in [2.05, 4.69) is 4.72 Å². The zero-order valence-electron chi connectivity index (χ0n) is 13.0. The van der Waals surface area contributed by atoms with E-state index in [9.17, 15) is 8.42 Å². The van der Waals surface area contributed by atoms with Gasteiger partial charge in [-0.1, -0.05) is 53.5 Å². The van der Waals surface area contributed by atoms with E-state index in [-0.39, 0.29) is 16.0 Å². The van der Waals surface area contributed by atoms with Crippen molar-refractivity contribution in [2.24, 2.45) is 0 Å². The third-order valence-corrected chi connectivity index (χ3v) is 6.03. The van der Waals surface area contributed by atoms with Crippen LogP contribution in [-0.4, -0.2) is 14.5 Å². The molecular formula is C17H19Cl2NO2S. The summed E-state index contributed by atoms with van der Waals surface area (Å²) < 4.78 is 27.7. The van der Waals surface area contributed by atoms with Crippen LogP contribution >= 0.6 is 23.2 Å². The molecule has 124 valence electrons. The number of hydrogen-bond donors (Lipinski definition) is 1. The van der Waals surface area contributed by atoms with Crippen molar-refractivity contribution >= 4 is 33.2 Å². The second-order valence-corrected chi connectivity index (χ2v) is 8.08. The molecule has 0 radical (unpaired) electrons. The molecule has 3 nitrogen and oxygen atoms in total. The van der Waals surface area contributed by atoms with Crippen LogP contribution in [0.15, 0.2) is 47.4 Å². The normalized spacial score (nSPS) is 13.0. The molecular weight excluding hydrogens is 353 g/mol. The second-order valence-electron chi connectivity index (χ2n) is 5.58. The molecule has 0 aliphatic carbocycles. The lowest BCUT2D eigenvalue weighted by atomic mass is 10.1. The first kappa shape index (κ1) is 18.3. The highest BCUT2D eigenvalue weighted by atomic mass is 35.5. The third kappa shape index (κ3) is 4.95. The minimum atomic E-state index is -3.67. The number of nitrogens with one attached hydrogen (secondary N) is 1. The third-order valence-electron chi connectivity index (χ3n) is 3.57. The van der Waals surface area contributed by atoms with Crippen LogP contribution in [0.5, 0.6) is 0 Å². The first-order valence-electron chi connectivity index (χ1n) is 7.31. The Hall–Kier alpha value is -1.07. The molecule has 0 amide bonds. The summed E-state index contributed by atoms with van der Waals surface area (Å²) in [6.45, 7) is 3.59. The van der Waals surface area contributed by atoms with Crippen molar-refractivity contribution in [1.29, 1.82) is 0 Å². The first-order chi connectivity index (χ1) is 10.8. The van der Waals surface area contributed by atoms with Gasteiger partial charge in [0.2, 0.25) is 10.0 Å². The lowest BCUT2D eigenvalue weighted by Crippen LogP contribution is -2.33. The molecule has 0 spiro atoms. The van der Waals surface area contributed by atoms with E-state index in [1.54, 1.807) is 6.92 Å². The first-order valence-corrected chi connectivity index (χ1v) is 9.55. The Kier molecular flexibility index (Phi) is 6.09. The highest BCUT2D eigenvalue weighted by Crippen LogP contribution is 2.28. The van der Waals surface area contributed by atoms with E-state index < -0.39 is 10.0 Å². The topological polar surface area (TPSA) is 46.2 Å². The molecule has 2 rings (SSSR count). The summed E-state index contributed by atoms with van der Waals surface area (Å²) in [4.78, 5) is 0.0626. The molecule has 1 atom stereocenters. The van der Waals surface area contributed by atoms with E-state index in [1.165, 1.54) is 17.7 Å². The second kappa shape index (κ2) is 7.67. The predicted octanol–water partition coefficient (Wildman–Crippen LogP) is 4.60. The van der Waals surface area contributed by atoms with Gasteiger partial charge in [0.15, 0.2) is 0 Å². The van der Waals surface area contributed by atoms with Crippen molar-refractivity contribution in [1.82, 2.24) is 4.72 Å². The maximum Gasteiger partial charge on any atom is 0.242 e. The molecule has 2 aromatic rings.